The Morgan fingerprint density at radius 3 is 2.11 bits per heavy atom. The highest BCUT2D eigenvalue weighted by molar-refractivity contribution is 8.01. The lowest BCUT2D eigenvalue weighted by Crippen LogP contribution is -2.65. The van der Waals surface area contributed by atoms with E-state index in [0.29, 0.717) is 0 Å². The Morgan fingerprint density at radius 1 is 0.811 bits per heavy atom. The molecule has 7 heterocycles. The van der Waals surface area contributed by atoms with Crippen LogP contribution in [0.4, 0.5) is 0 Å². The fraction of sp³-hybridized carbons (Fsp3) is 0.733. The van der Waals surface area contributed by atoms with Crippen LogP contribution in [-0.4, -0.2) is 55.1 Å². The molecule has 202 valence electrons. The quantitative estimate of drug-likeness (QED) is 0.501. The van der Waals surface area contributed by atoms with Crippen molar-refractivity contribution in [1.82, 2.24) is 9.80 Å². The van der Waals surface area contributed by atoms with Gasteiger partial charge in [-0.2, -0.15) is 11.8 Å². The Morgan fingerprint density at radius 2 is 1.46 bits per heavy atom. The summed E-state index contributed by atoms with van der Waals surface area (Å²) in [5.41, 5.74) is 1.06. The first-order valence-corrected chi connectivity index (χ1v) is 15.4. The number of fused-ring (bicyclic) bond motifs is 2. The first-order chi connectivity index (χ1) is 17.8. The lowest BCUT2D eigenvalue weighted by Gasteiger charge is -2.60. The summed E-state index contributed by atoms with van der Waals surface area (Å²) in [4.78, 5) is 4.86. The maximum Gasteiger partial charge on any atom is 0.122 e. The van der Waals surface area contributed by atoms with Gasteiger partial charge in [-0.05, 0) is 92.9 Å². The van der Waals surface area contributed by atoms with Crippen LogP contribution in [0.3, 0.4) is 0 Å². The predicted octanol–water partition coefficient (Wildman–Crippen LogP) is 5.95. The average molecular weight is 527 g/mol. The van der Waals surface area contributed by atoms with Crippen molar-refractivity contribution in [3.8, 4) is 0 Å². The number of rotatable bonds is 2. The molecule has 0 radical (unpaired) electrons. The Balaban J connectivity index is 1.14. The van der Waals surface area contributed by atoms with Gasteiger partial charge in [-0.25, -0.2) is 0 Å². The summed E-state index contributed by atoms with van der Waals surface area (Å²) in [5, 5.41) is 24.3. The van der Waals surface area contributed by atoms with E-state index in [9.17, 15) is 10.2 Å². The van der Waals surface area contributed by atoms with Crippen molar-refractivity contribution in [3.63, 3.8) is 0 Å². The van der Waals surface area contributed by atoms with E-state index in [-0.39, 0.29) is 34.1 Å². The van der Waals surface area contributed by atoms with Crippen LogP contribution in [0.15, 0.2) is 46.0 Å². The topological polar surface area (TPSA) is 73.2 Å². The second-order valence-electron chi connectivity index (χ2n) is 13.3. The highest BCUT2D eigenvalue weighted by atomic mass is 32.2. The number of thioether (sulfide) groups is 1. The van der Waals surface area contributed by atoms with Gasteiger partial charge in [0, 0.05) is 41.0 Å². The Labute approximate surface area is 224 Å². The second-order valence-corrected chi connectivity index (χ2v) is 14.7. The van der Waals surface area contributed by atoms with E-state index in [1.165, 1.54) is 11.1 Å². The number of nitrogens with zero attached hydrogens (tertiary/aromatic N) is 2. The Kier molecular flexibility index (Phi) is 5.77. The van der Waals surface area contributed by atoms with Crippen LogP contribution < -0.4 is 0 Å². The Hall–Kier alpha value is -1.25. The number of aliphatic hydroxyl groups is 2. The standard InChI is InChI=1S/C30H42N2O4S/c1-21-3-6-26(24-8-14-36-16-24)32-19-28(9-10-29(21,32)33)17-27(20-37-28)11-12-31-25(23-7-13-35-15-23)5-4-22(2)30(31,34)18-27/h7-8,13-16,21-22,25-26,33-34H,3-6,9-12,17-20H2,1-2H3. The molecule has 5 aliphatic heterocycles. The third-order valence-corrected chi connectivity index (χ3v) is 13.1. The zero-order valence-electron chi connectivity index (χ0n) is 22.3. The van der Waals surface area contributed by atoms with Gasteiger partial charge in [-0.3, -0.25) is 9.80 Å². The first kappa shape index (κ1) is 24.8. The summed E-state index contributed by atoms with van der Waals surface area (Å²) >= 11 is 2.14. The lowest BCUT2D eigenvalue weighted by atomic mass is 9.63. The number of hydrogen-bond acceptors (Lipinski definition) is 7. The van der Waals surface area contributed by atoms with Gasteiger partial charge >= 0.3 is 0 Å². The minimum Gasteiger partial charge on any atom is -0.472 e. The summed E-state index contributed by atoms with van der Waals surface area (Å²) in [6.45, 7) is 6.34. The minimum absolute atomic E-state index is 0.145. The zero-order valence-corrected chi connectivity index (χ0v) is 23.1. The molecular formula is C30H42N2O4S. The van der Waals surface area contributed by atoms with Crippen LogP contribution in [0.1, 0.15) is 94.8 Å². The van der Waals surface area contributed by atoms with Crippen LogP contribution in [0.5, 0.6) is 0 Å². The van der Waals surface area contributed by atoms with E-state index in [4.69, 9.17) is 8.83 Å². The normalized spacial score (nSPS) is 46.8. The lowest BCUT2D eigenvalue weighted by molar-refractivity contribution is -0.234. The molecule has 2 aromatic rings. The van der Waals surface area contributed by atoms with Crippen molar-refractivity contribution in [3.05, 3.63) is 48.3 Å². The maximum absolute atomic E-state index is 12.3. The van der Waals surface area contributed by atoms with Crippen LogP contribution in [0, 0.1) is 17.3 Å². The molecule has 2 N–H and O–H groups in total. The number of piperidine rings is 4. The molecule has 5 aliphatic rings. The van der Waals surface area contributed by atoms with Crippen LogP contribution in [-0.2, 0) is 0 Å². The first-order valence-electron chi connectivity index (χ1n) is 14.4. The maximum atomic E-state index is 12.3. The molecule has 8 atom stereocenters. The van der Waals surface area contributed by atoms with Gasteiger partial charge in [0.25, 0.3) is 0 Å². The van der Waals surface area contributed by atoms with Crippen molar-refractivity contribution in [2.24, 2.45) is 17.3 Å². The molecule has 2 aromatic heterocycles. The van der Waals surface area contributed by atoms with Gasteiger partial charge in [-0.15, -0.1) is 0 Å². The molecule has 7 heteroatoms. The van der Waals surface area contributed by atoms with E-state index in [0.717, 1.165) is 76.6 Å². The highest BCUT2D eigenvalue weighted by Gasteiger charge is 2.62. The van der Waals surface area contributed by atoms with E-state index in [1.54, 1.807) is 12.5 Å². The van der Waals surface area contributed by atoms with Crippen molar-refractivity contribution in [1.29, 1.82) is 0 Å². The minimum atomic E-state index is -0.765. The molecule has 5 fully saturated rings. The summed E-state index contributed by atoms with van der Waals surface area (Å²) in [6, 6.07) is 4.62. The average Bonchev–Trinajstić information content (AvgIpc) is 3.65. The van der Waals surface area contributed by atoms with Gasteiger partial charge < -0.3 is 19.0 Å². The molecule has 0 amide bonds. The Bertz CT molecular complexity index is 1110. The second kappa shape index (κ2) is 8.62. The van der Waals surface area contributed by atoms with E-state index in [1.807, 2.05) is 12.5 Å². The monoisotopic (exact) mass is 526 g/mol. The SMILES string of the molecule is CC1CCC(c2ccoc2)N2CC3(CCC12O)CC1(CCN2C(c4ccoc4)CCC(C)C2(O)C1)CS3. The fourth-order valence-electron chi connectivity index (χ4n) is 9.01. The van der Waals surface area contributed by atoms with Crippen molar-refractivity contribution in [2.75, 3.05) is 18.8 Å². The van der Waals surface area contributed by atoms with E-state index >= 15 is 0 Å². The molecule has 0 aliphatic carbocycles. The van der Waals surface area contributed by atoms with Crippen molar-refractivity contribution < 1.29 is 19.0 Å². The van der Waals surface area contributed by atoms with Crippen molar-refractivity contribution in [2.45, 2.75) is 99.9 Å². The smallest absolute Gasteiger partial charge is 0.122 e. The van der Waals surface area contributed by atoms with Crippen LogP contribution in [0.25, 0.3) is 0 Å². The van der Waals surface area contributed by atoms with Gasteiger partial charge in [0.2, 0.25) is 0 Å². The van der Waals surface area contributed by atoms with E-state index in [2.05, 4.69) is 47.5 Å². The van der Waals surface area contributed by atoms with Gasteiger partial charge in [0.05, 0.1) is 25.1 Å². The number of hydrogen-bond donors (Lipinski definition) is 2. The summed E-state index contributed by atoms with van der Waals surface area (Å²) in [5.74, 6) is 1.66. The third-order valence-electron chi connectivity index (χ3n) is 11.2. The molecule has 0 aromatic carbocycles. The summed E-state index contributed by atoms with van der Waals surface area (Å²) in [7, 11) is 0. The summed E-state index contributed by atoms with van der Waals surface area (Å²) < 4.78 is 11.0. The fourth-order valence-corrected chi connectivity index (χ4v) is 10.9. The van der Waals surface area contributed by atoms with Crippen LogP contribution >= 0.6 is 11.8 Å². The number of furan rings is 2. The molecule has 8 unspecified atom stereocenters. The van der Waals surface area contributed by atoms with Crippen LogP contribution in [0.2, 0.25) is 0 Å². The molecule has 37 heavy (non-hydrogen) atoms. The molecule has 6 nitrogen and oxygen atoms in total. The zero-order chi connectivity index (χ0) is 25.5. The molecular weight excluding hydrogens is 484 g/mol. The van der Waals surface area contributed by atoms with Gasteiger partial charge in [-0.1, -0.05) is 13.8 Å². The molecule has 0 saturated carbocycles. The summed E-state index contributed by atoms with van der Waals surface area (Å²) in [6.07, 6.45) is 16.5. The molecule has 2 spiro atoms. The van der Waals surface area contributed by atoms with E-state index < -0.39 is 11.4 Å². The predicted molar refractivity (Wildman–Crippen MR) is 144 cm³/mol. The highest BCUT2D eigenvalue weighted by Crippen LogP contribution is 2.63. The largest absolute Gasteiger partial charge is 0.472 e. The molecule has 5 saturated heterocycles. The van der Waals surface area contributed by atoms with Gasteiger partial charge in [0.1, 0.15) is 11.4 Å². The van der Waals surface area contributed by atoms with Gasteiger partial charge in [0.15, 0.2) is 0 Å². The third kappa shape index (κ3) is 3.75. The molecule has 7 rings (SSSR count). The van der Waals surface area contributed by atoms with Crippen molar-refractivity contribution >= 4 is 11.8 Å². The molecule has 0 bridgehead atoms.